The lowest BCUT2D eigenvalue weighted by molar-refractivity contribution is 0.0658. The molecule has 4 rings (SSSR count). The quantitative estimate of drug-likeness (QED) is 0.789. The summed E-state index contributed by atoms with van der Waals surface area (Å²) in [6, 6.07) is 13.6. The van der Waals surface area contributed by atoms with Gasteiger partial charge in [-0.15, -0.1) is 0 Å². The van der Waals surface area contributed by atoms with Crippen molar-refractivity contribution in [1.82, 2.24) is 19.8 Å². The molecule has 26 heavy (non-hydrogen) atoms. The van der Waals surface area contributed by atoms with Gasteiger partial charge in [-0.1, -0.05) is 18.2 Å². The summed E-state index contributed by atoms with van der Waals surface area (Å²) >= 11 is 0. The van der Waals surface area contributed by atoms with Crippen LogP contribution >= 0.6 is 0 Å². The second-order valence-electron chi connectivity index (χ2n) is 6.53. The van der Waals surface area contributed by atoms with Crippen molar-refractivity contribution in [3.8, 4) is 0 Å². The second-order valence-corrected chi connectivity index (χ2v) is 6.53. The summed E-state index contributed by atoms with van der Waals surface area (Å²) in [7, 11) is 2.07. The van der Waals surface area contributed by atoms with Gasteiger partial charge >= 0.3 is 0 Å². The Morgan fingerprint density at radius 3 is 2.65 bits per heavy atom. The minimum absolute atomic E-state index is 0.0159. The molecule has 0 saturated carbocycles. The molecule has 0 radical (unpaired) electrons. The molecule has 1 aliphatic rings. The minimum atomic E-state index is -0.0159. The van der Waals surface area contributed by atoms with Crippen LogP contribution in [0.2, 0.25) is 0 Å². The molecule has 1 fully saturated rings. The Morgan fingerprint density at radius 2 is 1.81 bits per heavy atom. The van der Waals surface area contributed by atoms with Gasteiger partial charge in [0.15, 0.2) is 0 Å². The van der Waals surface area contributed by atoms with Gasteiger partial charge in [-0.3, -0.25) is 14.8 Å². The number of aromatic nitrogens is 2. The first-order valence-electron chi connectivity index (χ1n) is 8.75. The monoisotopic (exact) mass is 347 g/mol. The van der Waals surface area contributed by atoms with Crippen molar-refractivity contribution >= 4 is 28.2 Å². The Labute approximate surface area is 152 Å². The molecule has 0 bridgehead atoms. The lowest BCUT2D eigenvalue weighted by atomic mass is 10.2. The van der Waals surface area contributed by atoms with Crippen LogP contribution in [-0.4, -0.2) is 58.9 Å². The zero-order chi connectivity index (χ0) is 17.9. The Bertz CT molecular complexity index is 929. The molecule has 6 nitrogen and oxygen atoms in total. The Kier molecular flexibility index (Phi) is 4.50. The fraction of sp³-hybridized carbons (Fsp3) is 0.250. The summed E-state index contributed by atoms with van der Waals surface area (Å²) in [5, 5.41) is 4.44. The van der Waals surface area contributed by atoms with E-state index >= 15 is 0 Å². The number of benzene rings is 1. The van der Waals surface area contributed by atoms with Crippen LogP contribution in [0.25, 0.3) is 10.9 Å². The lowest BCUT2D eigenvalue weighted by Gasteiger charge is -2.32. The first kappa shape index (κ1) is 16.5. The van der Waals surface area contributed by atoms with Gasteiger partial charge in [0.2, 0.25) is 0 Å². The number of carbonyl (C=O) groups is 1. The van der Waals surface area contributed by atoms with Crippen LogP contribution in [-0.2, 0) is 0 Å². The van der Waals surface area contributed by atoms with E-state index in [1.54, 1.807) is 12.4 Å². The average molecular weight is 347 g/mol. The number of rotatable bonds is 3. The number of anilines is 2. The molecule has 6 heteroatoms. The third kappa shape index (κ3) is 3.36. The molecule has 0 unspecified atom stereocenters. The molecule has 1 aliphatic heterocycles. The van der Waals surface area contributed by atoms with Crippen LogP contribution in [0.3, 0.4) is 0 Å². The van der Waals surface area contributed by atoms with E-state index in [1.165, 1.54) is 0 Å². The third-order valence-electron chi connectivity index (χ3n) is 4.68. The van der Waals surface area contributed by atoms with Crippen molar-refractivity contribution in [3.05, 3.63) is 60.6 Å². The van der Waals surface area contributed by atoms with Crippen LogP contribution in [0, 0.1) is 0 Å². The van der Waals surface area contributed by atoms with E-state index in [4.69, 9.17) is 0 Å². The van der Waals surface area contributed by atoms with Gasteiger partial charge in [0.25, 0.3) is 5.91 Å². The number of hydrogen-bond donors (Lipinski definition) is 1. The van der Waals surface area contributed by atoms with Crippen molar-refractivity contribution in [2.75, 3.05) is 38.5 Å². The molecule has 1 aromatic carbocycles. The van der Waals surface area contributed by atoms with E-state index in [0.717, 1.165) is 48.5 Å². The van der Waals surface area contributed by atoms with Crippen LogP contribution in [0.5, 0.6) is 0 Å². The van der Waals surface area contributed by atoms with Crippen LogP contribution in [0.15, 0.2) is 54.9 Å². The number of hydrogen-bond acceptors (Lipinski definition) is 5. The first-order chi connectivity index (χ1) is 12.7. The highest BCUT2D eigenvalue weighted by Gasteiger charge is 2.21. The number of piperazine rings is 1. The first-order valence-corrected chi connectivity index (χ1v) is 8.75. The van der Waals surface area contributed by atoms with Crippen molar-refractivity contribution in [2.45, 2.75) is 0 Å². The molecule has 0 spiro atoms. The van der Waals surface area contributed by atoms with E-state index in [9.17, 15) is 4.79 Å². The number of carbonyl (C=O) groups excluding carboxylic acids is 1. The smallest absolute Gasteiger partial charge is 0.272 e. The van der Waals surface area contributed by atoms with E-state index in [2.05, 4.69) is 27.2 Å². The molecule has 2 aromatic heterocycles. The molecule has 3 heterocycles. The van der Waals surface area contributed by atoms with Gasteiger partial charge in [0.1, 0.15) is 5.69 Å². The Hall–Kier alpha value is -2.99. The Morgan fingerprint density at radius 1 is 1.00 bits per heavy atom. The summed E-state index contributed by atoms with van der Waals surface area (Å²) in [6.45, 7) is 3.26. The summed E-state index contributed by atoms with van der Waals surface area (Å²) < 4.78 is 0. The number of nitrogens with zero attached hydrogens (tertiary/aromatic N) is 4. The maximum atomic E-state index is 12.7. The standard InChI is InChI=1S/C20H21N5O/c1-24-10-12-25(13-11-24)20(26)18-14-16(7-9-21-18)23-17-6-2-4-15-5-3-8-22-19(15)17/h2-9,14H,10-13H2,1H3,(H,21,23). The van der Waals surface area contributed by atoms with E-state index in [-0.39, 0.29) is 5.91 Å². The number of amides is 1. The summed E-state index contributed by atoms with van der Waals surface area (Å²) in [5.41, 5.74) is 3.11. The fourth-order valence-corrected chi connectivity index (χ4v) is 3.16. The van der Waals surface area contributed by atoms with Gasteiger partial charge in [0, 0.05) is 49.6 Å². The largest absolute Gasteiger partial charge is 0.354 e. The molecule has 3 aromatic rings. The highest BCUT2D eigenvalue weighted by molar-refractivity contribution is 5.95. The summed E-state index contributed by atoms with van der Waals surface area (Å²) in [5.74, 6) is -0.0159. The number of likely N-dealkylation sites (N-methyl/N-ethyl adjacent to an activating group) is 1. The van der Waals surface area contributed by atoms with Gasteiger partial charge in [-0.25, -0.2) is 0 Å². The van der Waals surface area contributed by atoms with Crippen molar-refractivity contribution in [3.63, 3.8) is 0 Å². The van der Waals surface area contributed by atoms with E-state index in [0.29, 0.717) is 5.69 Å². The van der Waals surface area contributed by atoms with E-state index in [1.807, 2.05) is 47.4 Å². The molecular weight excluding hydrogens is 326 g/mol. The summed E-state index contributed by atoms with van der Waals surface area (Å²) in [6.07, 6.45) is 3.45. The van der Waals surface area contributed by atoms with Crippen LogP contribution in [0.1, 0.15) is 10.5 Å². The molecule has 0 aliphatic carbocycles. The molecule has 1 saturated heterocycles. The predicted molar refractivity (Wildman–Crippen MR) is 103 cm³/mol. The molecule has 1 amide bonds. The van der Waals surface area contributed by atoms with Crippen molar-refractivity contribution in [2.24, 2.45) is 0 Å². The van der Waals surface area contributed by atoms with Gasteiger partial charge in [-0.05, 0) is 31.3 Å². The average Bonchev–Trinajstić information content (AvgIpc) is 2.69. The number of fused-ring (bicyclic) bond motifs is 1. The topological polar surface area (TPSA) is 61.4 Å². The number of pyridine rings is 2. The second kappa shape index (κ2) is 7.09. The molecule has 132 valence electrons. The predicted octanol–water partition coefficient (Wildman–Crippen LogP) is 2.76. The van der Waals surface area contributed by atoms with Gasteiger partial charge < -0.3 is 15.1 Å². The highest BCUT2D eigenvalue weighted by Crippen LogP contribution is 2.24. The molecule has 0 atom stereocenters. The fourth-order valence-electron chi connectivity index (χ4n) is 3.16. The zero-order valence-electron chi connectivity index (χ0n) is 14.7. The summed E-state index contributed by atoms with van der Waals surface area (Å²) in [4.78, 5) is 25.6. The maximum absolute atomic E-state index is 12.7. The zero-order valence-corrected chi connectivity index (χ0v) is 14.7. The number of nitrogens with one attached hydrogen (secondary N) is 1. The third-order valence-corrected chi connectivity index (χ3v) is 4.68. The molecular formula is C20H21N5O. The van der Waals surface area contributed by atoms with E-state index < -0.39 is 0 Å². The van der Waals surface area contributed by atoms with Crippen LogP contribution in [0.4, 0.5) is 11.4 Å². The van der Waals surface area contributed by atoms with Crippen molar-refractivity contribution < 1.29 is 4.79 Å². The van der Waals surface area contributed by atoms with Gasteiger partial charge in [0.05, 0.1) is 11.2 Å². The van der Waals surface area contributed by atoms with Gasteiger partial charge in [-0.2, -0.15) is 0 Å². The lowest BCUT2D eigenvalue weighted by Crippen LogP contribution is -2.47. The highest BCUT2D eigenvalue weighted by atomic mass is 16.2. The normalized spacial score (nSPS) is 15.2. The minimum Gasteiger partial charge on any atom is -0.354 e. The maximum Gasteiger partial charge on any atom is 0.272 e. The van der Waals surface area contributed by atoms with Crippen LogP contribution < -0.4 is 5.32 Å². The SMILES string of the molecule is CN1CCN(C(=O)c2cc(Nc3cccc4cccnc34)ccn2)CC1. The Balaban J connectivity index is 1.57. The van der Waals surface area contributed by atoms with Crippen molar-refractivity contribution in [1.29, 1.82) is 0 Å². The number of para-hydroxylation sites is 1. The molecule has 1 N–H and O–H groups in total.